The van der Waals surface area contributed by atoms with Crippen LogP contribution in [0.3, 0.4) is 0 Å². The summed E-state index contributed by atoms with van der Waals surface area (Å²) in [5, 5.41) is 1.79. The second-order valence-corrected chi connectivity index (χ2v) is 5.78. The molecule has 1 aromatic heterocycles. The van der Waals surface area contributed by atoms with Gasteiger partial charge in [-0.3, -0.25) is 4.57 Å². The average Bonchev–Trinajstić information content (AvgIpc) is 3.01. The van der Waals surface area contributed by atoms with E-state index in [1.165, 1.54) is 24.3 Å². The van der Waals surface area contributed by atoms with E-state index in [4.69, 9.17) is 0 Å². The van der Waals surface area contributed by atoms with Gasteiger partial charge in [0.1, 0.15) is 11.6 Å². The molecule has 0 N–H and O–H groups in total. The molecule has 0 saturated heterocycles. The fourth-order valence-electron chi connectivity index (χ4n) is 2.47. The summed E-state index contributed by atoms with van der Waals surface area (Å²) in [6.45, 7) is 0. The quantitative estimate of drug-likeness (QED) is 0.636. The Kier molecular flexibility index (Phi) is 2.82. The fourth-order valence-corrected chi connectivity index (χ4v) is 3.48. The third kappa shape index (κ3) is 2.14. The SMILES string of the molecule is Fc1ccc(N=C2SCc3cc4ccc(F)cc4n32)cc1. The number of halogens is 2. The molecule has 5 heteroatoms. The third-order valence-electron chi connectivity index (χ3n) is 3.43. The van der Waals surface area contributed by atoms with Gasteiger partial charge in [0.25, 0.3) is 0 Å². The van der Waals surface area contributed by atoms with Gasteiger partial charge in [-0.25, -0.2) is 13.8 Å². The van der Waals surface area contributed by atoms with Crippen molar-refractivity contribution in [2.24, 2.45) is 4.99 Å². The Hall–Kier alpha value is -2.14. The van der Waals surface area contributed by atoms with E-state index in [0.29, 0.717) is 5.69 Å². The molecule has 0 saturated carbocycles. The first kappa shape index (κ1) is 12.6. The van der Waals surface area contributed by atoms with Crippen molar-refractivity contribution in [2.45, 2.75) is 5.75 Å². The maximum absolute atomic E-state index is 13.5. The Morgan fingerprint density at radius 2 is 1.71 bits per heavy atom. The highest BCUT2D eigenvalue weighted by molar-refractivity contribution is 8.13. The number of aromatic nitrogens is 1. The maximum atomic E-state index is 13.5. The molecule has 0 atom stereocenters. The van der Waals surface area contributed by atoms with Crippen molar-refractivity contribution in [3.05, 3.63) is 65.9 Å². The zero-order valence-corrected chi connectivity index (χ0v) is 11.7. The summed E-state index contributed by atoms with van der Waals surface area (Å²) in [4.78, 5) is 4.55. The van der Waals surface area contributed by atoms with E-state index in [0.717, 1.165) is 27.5 Å². The van der Waals surface area contributed by atoms with E-state index in [1.807, 2.05) is 4.57 Å². The minimum atomic E-state index is -0.285. The summed E-state index contributed by atoms with van der Waals surface area (Å²) < 4.78 is 28.4. The molecule has 1 aliphatic rings. The molecule has 1 aliphatic heterocycles. The van der Waals surface area contributed by atoms with Crippen LogP contribution in [-0.4, -0.2) is 9.73 Å². The van der Waals surface area contributed by atoms with Gasteiger partial charge in [0.15, 0.2) is 5.17 Å². The van der Waals surface area contributed by atoms with Crippen molar-refractivity contribution in [3.63, 3.8) is 0 Å². The number of nitrogens with zero attached hydrogens (tertiary/aromatic N) is 2. The smallest absolute Gasteiger partial charge is 0.173 e. The first-order chi connectivity index (χ1) is 10.2. The normalized spacial score (nSPS) is 15.8. The van der Waals surface area contributed by atoms with Gasteiger partial charge in [-0.2, -0.15) is 0 Å². The van der Waals surface area contributed by atoms with Gasteiger partial charge >= 0.3 is 0 Å². The monoisotopic (exact) mass is 300 g/mol. The van der Waals surface area contributed by atoms with Crippen LogP contribution >= 0.6 is 11.8 Å². The summed E-state index contributed by atoms with van der Waals surface area (Å²) in [6, 6.07) is 12.8. The van der Waals surface area contributed by atoms with Crippen molar-refractivity contribution in [2.75, 3.05) is 0 Å². The minimum absolute atomic E-state index is 0.263. The number of hydrogen-bond acceptors (Lipinski definition) is 2. The van der Waals surface area contributed by atoms with E-state index in [2.05, 4.69) is 11.1 Å². The van der Waals surface area contributed by atoms with Gasteiger partial charge in [0.2, 0.25) is 0 Å². The summed E-state index contributed by atoms with van der Waals surface area (Å²) in [7, 11) is 0. The lowest BCUT2D eigenvalue weighted by atomic mass is 10.2. The molecule has 0 unspecified atom stereocenters. The molecule has 2 aromatic carbocycles. The second kappa shape index (κ2) is 4.70. The Morgan fingerprint density at radius 1 is 0.952 bits per heavy atom. The van der Waals surface area contributed by atoms with Crippen molar-refractivity contribution in [1.29, 1.82) is 0 Å². The highest BCUT2D eigenvalue weighted by Gasteiger charge is 2.21. The molecular weight excluding hydrogens is 290 g/mol. The highest BCUT2D eigenvalue weighted by atomic mass is 32.2. The molecular formula is C16H10F2N2S. The van der Waals surface area contributed by atoms with Gasteiger partial charge in [-0.05, 0) is 48.5 Å². The number of hydrogen-bond donors (Lipinski definition) is 0. The molecule has 4 rings (SSSR count). The van der Waals surface area contributed by atoms with Crippen LogP contribution < -0.4 is 0 Å². The van der Waals surface area contributed by atoms with E-state index in [9.17, 15) is 8.78 Å². The maximum Gasteiger partial charge on any atom is 0.173 e. The molecule has 2 heterocycles. The molecule has 0 radical (unpaired) electrons. The topological polar surface area (TPSA) is 17.3 Å². The van der Waals surface area contributed by atoms with Gasteiger partial charge < -0.3 is 0 Å². The molecule has 3 aromatic rings. The van der Waals surface area contributed by atoms with Crippen LogP contribution in [-0.2, 0) is 5.75 Å². The lowest BCUT2D eigenvalue weighted by Gasteiger charge is -2.03. The lowest BCUT2D eigenvalue weighted by Crippen LogP contribution is -2.02. The summed E-state index contributed by atoms with van der Waals surface area (Å²) in [5.74, 6) is 0.254. The van der Waals surface area contributed by atoms with E-state index < -0.39 is 0 Å². The van der Waals surface area contributed by atoms with Gasteiger partial charge in [-0.1, -0.05) is 11.8 Å². The number of thioether (sulfide) groups is 1. The molecule has 0 fully saturated rings. The average molecular weight is 300 g/mol. The Morgan fingerprint density at radius 3 is 2.52 bits per heavy atom. The van der Waals surface area contributed by atoms with Crippen LogP contribution in [0.25, 0.3) is 10.9 Å². The Balaban J connectivity index is 1.86. The van der Waals surface area contributed by atoms with Crippen LogP contribution in [0.5, 0.6) is 0 Å². The van der Waals surface area contributed by atoms with E-state index in [-0.39, 0.29) is 11.6 Å². The number of benzene rings is 2. The predicted molar refractivity (Wildman–Crippen MR) is 82.1 cm³/mol. The molecule has 104 valence electrons. The van der Waals surface area contributed by atoms with Crippen molar-refractivity contribution in [3.8, 4) is 0 Å². The minimum Gasteiger partial charge on any atom is -0.292 e. The van der Waals surface area contributed by atoms with Crippen LogP contribution in [0.4, 0.5) is 14.5 Å². The van der Waals surface area contributed by atoms with Gasteiger partial charge in [-0.15, -0.1) is 0 Å². The molecule has 2 nitrogen and oxygen atoms in total. The molecule has 0 aliphatic carbocycles. The second-order valence-electron chi connectivity index (χ2n) is 4.83. The predicted octanol–water partition coefficient (Wildman–Crippen LogP) is 4.70. The van der Waals surface area contributed by atoms with Crippen molar-refractivity contribution >= 4 is 33.5 Å². The summed E-state index contributed by atoms with van der Waals surface area (Å²) >= 11 is 1.59. The van der Waals surface area contributed by atoms with Crippen LogP contribution in [0.1, 0.15) is 5.69 Å². The zero-order chi connectivity index (χ0) is 14.4. The van der Waals surface area contributed by atoms with E-state index in [1.54, 1.807) is 30.0 Å². The van der Waals surface area contributed by atoms with Crippen LogP contribution in [0, 0.1) is 11.6 Å². The number of rotatable bonds is 1. The summed E-state index contributed by atoms with van der Waals surface area (Å²) in [6.07, 6.45) is 0. The largest absolute Gasteiger partial charge is 0.292 e. The standard InChI is InChI=1S/C16H10F2N2S/c17-11-3-5-13(6-4-11)19-16-20-14(9-21-16)7-10-1-2-12(18)8-15(10)20/h1-8H,9H2. The van der Waals surface area contributed by atoms with E-state index >= 15 is 0 Å². The zero-order valence-electron chi connectivity index (χ0n) is 10.9. The number of aliphatic imine (C=N–C) groups is 1. The van der Waals surface area contributed by atoms with Crippen LogP contribution in [0.15, 0.2) is 53.5 Å². The van der Waals surface area contributed by atoms with Gasteiger partial charge in [0, 0.05) is 16.8 Å². The number of fused-ring (bicyclic) bond motifs is 3. The molecule has 21 heavy (non-hydrogen) atoms. The first-order valence-electron chi connectivity index (χ1n) is 6.48. The molecule has 0 bridgehead atoms. The molecule has 0 spiro atoms. The fraction of sp³-hybridized carbons (Fsp3) is 0.0625. The van der Waals surface area contributed by atoms with Crippen molar-refractivity contribution in [1.82, 2.24) is 4.57 Å². The Bertz CT molecular complexity index is 866. The van der Waals surface area contributed by atoms with Gasteiger partial charge in [0.05, 0.1) is 11.2 Å². The summed E-state index contributed by atoms with van der Waals surface area (Å²) in [5.41, 5.74) is 2.60. The highest BCUT2D eigenvalue weighted by Crippen LogP contribution is 2.33. The van der Waals surface area contributed by atoms with Crippen LogP contribution in [0.2, 0.25) is 0 Å². The third-order valence-corrected chi connectivity index (χ3v) is 4.41. The lowest BCUT2D eigenvalue weighted by molar-refractivity contribution is 0.628. The molecule has 0 amide bonds. The van der Waals surface area contributed by atoms with Crippen molar-refractivity contribution < 1.29 is 8.78 Å². The Labute approximate surface area is 124 Å². The first-order valence-corrected chi connectivity index (χ1v) is 7.46.